The Morgan fingerprint density at radius 2 is 0.877 bits per heavy atom. The van der Waals surface area contributed by atoms with Gasteiger partial charge in [-0.05, 0) is 109 Å². The fourth-order valence-electron chi connectivity index (χ4n) is 7.24. The van der Waals surface area contributed by atoms with Crippen molar-refractivity contribution in [2.45, 2.75) is 213 Å². The number of nitrogens with one attached hydrogen (secondary N) is 1. The van der Waals surface area contributed by atoms with Gasteiger partial charge in [0.05, 0.1) is 33.8 Å². The number of carbonyl (C=O) groups excluding carboxylic acids is 2. The summed E-state index contributed by atoms with van der Waals surface area (Å²) < 4.78 is 30.5. The minimum atomic E-state index is -4.48. The first-order chi connectivity index (χ1) is 35.4. The quantitative estimate of drug-likeness (QED) is 0.0205. The van der Waals surface area contributed by atoms with Crippen LogP contribution < -0.4 is 5.32 Å². The SMILES string of the molecule is CC/C=C\C/C=C\C/C=C\C/C=C\C/C=C\CCCC(=O)NC(COP(=O)(O)OCC[N+](C)(C)C)C(/C=C/CCCCCCCCCCCCC)OC(=O)CCC/C=C\C/C=C\C/C=C\C/C=C\C/C=C\CC. The number of quaternary nitrogens is 1. The van der Waals surface area contributed by atoms with E-state index in [0.717, 1.165) is 96.3 Å². The third-order valence-corrected chi connectivity index (χ3v) is 12.6. The molecule has 1 amide bonds. The number of esters is 1. The molecule has 0 aromatic rings. The van der Waals surface area contributed by atoms with E-state index in [1.807, 2.05) is 33.3 Å². The Labute approximate surface area is 447 Å². The summed E-state index contributed by atoms with van der Waals surface area (Å²) in [6, 6.07) is -0.910. The van der Waals surface area contributed by atoms with Gasteiger partial charge in [0.25, 0.3) is 0 Å². The summed E-state index contributed by atoms with van der Waals surface area (Å²) in [5.41, 5.74) is 0. The van der Waals surface area contributed by atoms with Crippen LogP contribution in [0.4, 0.5) is 0 Å². The van der Waals surface area contributed by atoms with Gasteiger partial charge in [0.1, 0.15) is 19.3 Å². The molecule has 414 valence electrons. The Kier molecular flexibility index (Phi) is 48.9. The van der Waals surface area contributed by atoms with Gasteiger partial charge in [0.15, 0.2) is 0 Å². The molecule has 0 rings (SSSR count). The van der Waals surface area contributed by atoms with E-state index in [4.69, 9.17) is 13.8 Å². The lowest BCUT2D eigenvalue weighted by Gasteiger charge is -2.27. The second-order valence-corrected chi connectivity index (χ2v) is 21.1. The van der Waals surface area contributed by atoms with E-state index in [0.29, 0.717) is 23.9 Å². The number of unbranched alkanes of at least 4 members (excludes halogenated alkanes) is 13. The van der Waals surface area contributed by atoms with E-state index in [-0.39, 0.29) is 32.0 Å². The number of hydrogen-bond donors (Lipinski definition) is 2. The lowest BCUT2D eigenvalue weighted by molar-refractivity contribution is -0.870. The molecule has 0 radical (unpaired) electrons. The summed E-state index contributed by atoms with van der Waals surface area (Å²) >= 11 is 0. The fraction of sp³-hybridized carbons (Fsp3) is 0.619. The molecule has 0 saturated heterocycles. The average Bonchev–Trinajstić information content (AvgIpc) is 3.35. The summed E-state index contributed by atoms with van der Waals surface area (Å²) in [4.78, 5) is 37.6. The summed E-state index contributed by atoms with van der Waals surface area (Å²) in [6.07, 6.45) is 73.2. The average molecular weight is 1030 g/mol. The molecule has 0 fully saturated rings. The minimum absolute atomic E-state index is 0.0132. The van der Waals surface area contributed by atoms with Gasteiger partial charge in [-0.15, -0.1) is 0 Å². The van der Waals surface area contributed by atoms with Crippen LogP contribution in [0.2, 0.25) is 0 Å². The van der Waals surface area contributed by atoms with Gasteiger partial charge in [0, 0.05) is 12.8 Å². The number of amides is 1. The van der Waals surface area contributed by atoms with Crippen molar-refractivity contribution in [2.24, 2.45) is 0 Å². The second-order valence-electron chi connectivity index (χ2n) is 19.7. The maximum Gasteiger partial charge on any atom is 0.472 e. The van der Waals surface area contributed by atoms with Crippen LogP contribution in [0.5, 0.6) is 0 Å². The van der Waals surface area contributed by atoms with Crippen molar-refractivity contribution in [2.75, 3.05) is 40.9 Å². The van der Waals surface area contributed by atoms with Gasteiger partial charge >= 0.3 is 13.8 Å². The number of allylic oxidation sites excluding steroid dienone is 21. The van der Waals surface area contributed by atoms with E-state index in [2.05, 4.69) is 148 Å². The summed E-state index contributed by atoms with van der Waals surface area (Å²) in [5, 5.41) is 2.99. The number of carbonyl (C=O) groups is 2. The molecule has 3 unspecified atom stereocenters. The highest BCUT2D eigenvalue weighted by atomic mass is 31.2. The summed E-state index contributed by atoms with van der Waals surface area (Å²) in [7, 11) is 1.41. The minimum Gasteiger partial charge on any atom is -0.456 e. The zero-order valence-corrected chi connectivity index (χ0v) is 48.0. The molecule has 73 heavy (non-hydrogen) atoms. The number of ether oxygens (including phenoxy) is 1. The molecule has 0 aliphatic rings. The molecule has 9 nitrogen and oxygen atoms in total. The number of phosphoric ester groups is 1. The monoisotopic (exact) mass is 1030 g/mol. The van der Waals surface area contributed by atoms with E-state index in [1.54, 1.807) is 0 Å². The predicted molar refractivity (Wildman–Crippen MR) is 313 cm³/mol. The van der Waals surface area contributed by atoms with Crippen LogP contribution >= 0.6 is 7.82 Å². The lowest BCUT2D eigenvalue weighted by Crippen LogP contribution is -2.47. The normalized spacial score (nSPS) is 14.8. The highest BCUT2D eigenvalue weighted by molar-refractivity contribution is 7.47. The molecule has 3 atom stereocenters. The molecule has 0 aliphatic heterocycles. The summed E-state index contributed by atoms with van der Waals surface area (Å²) in [6.45, 7) is 6.67. The molecule has 0 aromatic carbocycles. The van der Waals surface area contributed by atoms with Crippen LogP contribution in [0.25, 0.3) is 0 Å². The number of nitrogens with zero attached hydrogens (tertiary/aromatic N) is 1. The van der Waals surface area contributed by atoms with Gasteiger partial charge in [-0.3, -0.25) is 18.6 Å². The number of likely N-dealkylation sites (N-methyl/N-ethyl adjacent to an activating group) is 1. The Balaban J connectivity index is 5.58. The first kappa shape index (κ1) is 69.2. The van der Waals surface area contributed by atoms with Crippen LogP contribution in [0, 0.1) is 0 Å². The molecule has 0 aliphatic carbocycles. The molecule has 0 bridgehead atoms. The van der Waals surface area contributed by atoms with E-state index in [9.17, 15) is 19.0 Å². The molecule has 0 saturated carbocycles. The summed E-state index contributed by atoms with van der Waals surface area (Å²) in [5.74, 6) is -0.654. The van der Waals surface area contributed by atoms with E-state index >= 15 is 0 Å². The van der Waals surface area contributed by atoms with Crippen molar-refractivity contribution >= 4 is 19.7 Å². The Morgan fingerprint density at radius 1 is 0.493 bits per heavy atom. The lowest BCUT2D eigenvalue weighted by atomic mass is 10.0. The number of phosphoric acid groups is 1. The van der Waals surface area contributed by atoms with Gasteiger partial charge < -0.3 is 19.4 Å². The zero-order chi connectivity index (χ0) is 53.6. The maximum atomic E-state index is 13.5. The van der Waals surface area contributed by atoms with Crippen LogP contribution in [-0.4, -0.2) is 74.3 Å². The first-order valence-corrected chi connectivity index (χ1v) is 30.0. The topological polar surface area (TPSA) is 111 Å². The van der Waals surface area contributed by atoms with Crippen LogP contribution in [-0.2, 0) is 27.9 Å². The third kappa shape index (κ3) is 52.8. The molecule has 0 heterocycles. The molecule has 0 spiro atoms. The first-order valence-electron chi connectivity index (χ1n) is 28.5. The van der Waals surface area contributed by atoms with Crippen molar-refractivity contribution in [3.05, 3.63) is 134 Å². The van der Waals surface area contributed by atoms with Crippen LogP contribution in [0.1, 0.15) is 201 Å². The highest BCUT2D eigenvalue weighted by Gasteiger charge is 2.30. The van der Waals surface area contributed by atoms with Crippen molar-refractivity contribution in [3.63, 3.8) is 0 Å². The maximum absolute atomic E-state index is 13.5. The van der Waals surface area contributed by atoms with Gasteiger partial charge in [0.2, 0.25) is 5.91 Å². The second kappa shape index (κ2) is 51.6. The third-order valence-electron chi connectivity index (χ3n) is 11.6. The standard InChI is InChI=1S/C63H105N2O7P/c1-7-10-13-16-19-22-25-28-30-32-34-37-40-43-46-49-52-55-62(66)64-60(59-71-73(68,69)70-58-57-65(4,5)6)61(54-51-48-45-42-39-36-27-24-21-18-15-12-9-3)72-63(67)56-53-50-47-44-41-38-35-33-31-29-26-23-20-17-14-11-8-2/h10-11,13-14,19-20,22-23,28-31,34-35,37-38,43-44,46-47,51,54,60-61H,7-9,12,15-18,21,24-27,32-33,36,39-42,45,48-50,52-53,55-59H2,1-6H3,(H-,64,66,68,69)/p+1/b13-10-,14-11-,22-19-,23-20-,30-28-,31-29-,37-34-,38-35-,46-43-,47-44-,54-51+. The predicted octanol–water partition coefficient (Wildman–Crippen LogP) is 17.3. The van der Waals surface area contributed by atoms with Crippen LogP contribution in [0.3, 0.4) is 0 Å². The molecule has 2 N–H and O–H groups in total. The smallest absolute Gasteiger partial charge is 0.456 e. The highest BCUT2D eigenvalue weighted by Crippen LogP contribution is 2.43. The van der Waals surface area contributed by atoms with Gasteiger partial charge in [-0.2, -0.15) is 0 Å². The Morgan fingerprint density at radius 3 is 1.30 bits per heavy atom. The number of hydrogen-bond acceptors (Lipinski definition) is 6. The van der Waals surface area contributed by atoms with Crippen molar-refractivity contribution < 1.29 is 37.3 Å². The molecule has 0 aromatic heterocycles. The fourth-order valence-corrected chi connectivity index (χ4v) is 7.98. The zero-order valence-electron chi connectivity index (χ0n) is 47.1. The van der Waals surface area contributed by atoms with Crippen LogP contribution in [0.15, 0.2) is 134 Å². The molecular formula is C63H106N2O7P+. The van der Waals surface area contributed by atoms with Crippen molar-refractivity contribution in [3.8, 4) is 0 Å². The van der Waals surface area contributed by atoms with Gasteiger partial charge in [-0.1, -0.05) is 213 Å². The van der Waals surface area contributed by atoms with E-state index < -0.39 is 25.9 Å². The largest absolute Gasteiger partial charge is 0.472 e. The molecular weight excluding hydrogens is 928 g/mol. The Hall–Kier alpha value is -3.85. The Bertz CT molecular complexity index is 1710. The number of rotatable bonds is 49. The molecule has 10 heteroatoms. The van der Waals surface area contributed by atoms with Crippen molar-refractivity contribution in [1.82, 2.24) is 5.32 Å². The van der Waals surface area contributed by atoms with Crippen molar-refractivity contribution in [1.29, 1.82) is 0 Å². The van der Waals surface area contributed by atoms with E-state index in [1.165, 1.54) is 57.8 Å². The van der Waals surface area contributed by atoms with Gasteiger partial charge in [-0.25, -0.2) is 4.57 Å².